The average Bonchev–Trinajstić information content (AvgIpc) is 2.46. The smallest absolute Gasteiger partial charge is 0.356 e. The van der Waals surface area contributed by atoms with E-state index in [1.165, 1.54) is 12.4 Å². The average molecular weight is 308 g/mol. The molecule has 0 N–H and O–H groups in total. The van der Waals surface area contributed by atoms with Crippen molar-refractivity contribution in [2.45, 2.75) is 13.1 Å². The Balaban J connectivity index is 2.53. The quantitative estimate of drug-likeness (QED) is 0.810. The van der Waals surface area contributed by atoms with Crippen LogP contribution < -0.4 is 4.90 Å². The molecular weight excluding hydrogens is 293 g/mol. The second kappa shape index (κ2) is 6.13. The highest BCUT2D eigenvalue weighted by molar-refractivity contribution is 5.57. The maximum Gasteiger partial charge on any atom is 0.433 e. The van der Waals surface area contributed by atoms with Gasteiger partial charge in [-0.3, -0.25) is 4.98 Å². The first-order valence-electron chi connectivity index (χ1n) is 6.49. The molecular formula is C15H15F3N4. The summed E-state index contributed by atoms with van der Waals surface area (Å²) >= 11 is 0. The molecule has 0 aliphatic heterocycles. The number of pyridine rings is 1. The molecule has 116 valence electrons. The van der Waals surface area contributed by atoms with Gasteiger partial charge in [-0.1, -0.05) is 12.2 Å². The molecule has 2 rings (SSSR count). The Morgan fingerprint density at radius 1 is 1.32 bits per heavy atom. The lowest BCUT2D eigenvalue weighted by atomic mass is 10.2. The molecule has 0 bridgehead atoms. The number of likely N-dealkylation sites (N-methyl/N-ethyl adjacent to an activating group) is 1. The number of halogens is 3. The van der Waals surface area contributed by atoms with Crippen molar-refractivity contribution in [1.82, 2.24) is 15.0 Å². The predicted molar refractivity (Wildman–Crippen MR) is 78.3 cm³/mol. The zero-order chi connectivity index (χ0) is 16.3. The Morgan fingerprint density at radius 2 is 2.05 bits per heavy atom. The maximum atomic E-state index is 13.0. The third kappa shape index (κ3) is 3.81. The lowest BCUT2D eigenvalue weighted by molar-refractivity contribution is -0.141. The van der Waals surface area contributed by atoms with E-state index in [-0.39, 0.29) is 11.6 Å². The minimum Gasteiger partial charge on any atom is -0.356 e. The Labute approximate surface area is 126 Å². The zero-order valence-electron chi connectivity index (χ0n) is 12.2. The van der Waals surface area contributed by atoms with Crippen molar-refractivity contribution in [3.63, 3.8) is 0 Å². The first-order chi connectivity index (χ1) is 10.3. The minimum atomic E-state index is -4.54. The highest BCUT2D eigenvalue weighted by Gasteiger charge is 2.34. The van der Waals surface area contributed by atoms with Gasteiger partial charge < -0.3 is 4.90 Å². The molecule has 2 heterocycles. The molecule has 0 saturated carbocycles. The Hall–Kier alpha value is -2.44. The molecule has 0 saturated heterocycles. The van der Waals surface area contributed by atoms with E-state index in [9.17, 15) is 13.2 Å². The number of nitrogens with zero attached hydrogens (tertiary/aromatic N) is 4. The van der Waals surface area contributed by atoms with Crippen LogP contribution in [0, 0.1) is 0 Å². The van der Waals surface area contributed by atoms with Crippen LogP contribution >= 0.6 is 0 Å². The van der Waals surface area contributed by atoms with E-state index in [0.717, 1.165) is 11.6 Å². The molecule has 0 aromatic carbocycles. The van der Waals surface area contributed by atoms with Crippen molar-refractivity contribution in [3.8, 4) is 11.4 Å². The van der Waals surface area contributed by atoms with Crippen molar-refractivity contribution in [3.05, 3.63) is 48.4 Å². The second-order valence-electron chi connectivity index (χ2n) is 4.99. The molecule has 2 aromatic heterocycles. The van der Waals surface area contributed by atoms with Crippen LogP contribution in [0.3, 0.4) is 0 Å². The molecule has 22 heavy (non-hydrogen) atoms. The van der Waals surface area contributed by atoms with E-state index in [0.29, 0.717) is 12.1 Å². The zero-order valence-corrected chi connectivity index (χ0v) is 12.2. The van der Waals surface area contributed by atoms with E-state index >= 15 is 0 Å². The molecule has 2 aromatic rings. The van der Waals surface area contributed by atoms with Gasteiger partial charge in [0.1, 0.15) is 5.82 Å². The minimum absolute atomic E-state index is 0.00788. The van der Waals surface area contributed by atoms with Gasteiger partial charge in [-0.2, -0.15) is 13.2 Å². The third-order valence-electron chi connectivity index (χ3n) is 2.82. The summed E-state index contributed by atoms with van der Waals surface area (Å²) in [6, 6.07) is 4.17. The first-order valence-corrected chi connectivity index (χ1v) is 6.49. The van der Waals surface area contributed by atoms with E-state index in [2.05, 4.69) is 21.5 Å². The van der Waals surface area contributed by atoms with Crippen LogP contribution in [0.4, 0.5) is 19.0 Å². The van der Waals surface area contributed by atoms with Crippen molar-refractivity contribution < 1.29 is 13.2 Å². The van der Waals surface area contributed by atoms with Crippen LogP contribution in [-0.2, 0) is 6.18 Å². The lowest BCUT2D eigenvalue weighted by Gasteiger charge is -2.20. The van der Waals surface area contributed by atoms with Gasteiger partial charge >= 0.3 is 6.18 Å². The predicted octanol–water partition coefficient (Wildman–Crippen LogP) is 3.57. The molecule has 0 spiro atoms. The van der Waals surface area contributed by atoms with Crippen molar-refractivity contribution in [2.75, 3.05) is 18.5 Å². The van der Waals surface area contributed by atoms with E-state index in [1.54, 1.807) is 31.0 Å². The molecule has 0 aliphatic carbocycles. The lowest BCUT2D eigenvalue weighted by Crippen LogP contribution is -2.22. The molecule has 0 radical (unpaired) electrons. The Bertz CT molecular complexity index is 668. The second-order valence-corrected chi connectivity index (χ2v) is 4.99. The number of anilines is 1. The molecule has 0 fully saturated rings. The van der Waals surface area contributed by atoms with Crippen molar-refractivity contribution >= 4 is 5.82 Å². The van der Waals surface area contributed by atoms with Crippen LogP contribution in [0.5, 0.6) is 0 Å². The van der Waals surface area contributed by atoms with Crippen molar-refractivity contribution in [2.24, 2.45) is 0 Å². The highest BCUT2D eigenvalue weighted by atomic mass is 19.4. The van der Waals surface area contributed by atoms with Gasteiger partial charge in [0, 0.05) is 37.6 Å². The van der Waals surface area contributed by atoms with Crippen LogP contribution in [0.25, 0.3) is 11.4 Å². The van der Waals surface area contributed by atoms with Crippen LogP contribution in [0.1, 0.15) is 12.6 Å². The summed E-state index contributed by atoms with van der Waals surface area (Å²) in [7, 11) is 1.66. The summed E-state index contributed by atoms with van der Waals surface area (Å²) in [4.78, 5) is 13.3. The summed E-state index contributed by atoms with van der Waals surface area (Å²) in [5, 5.41) is 0. The van der Waals surface area contributed by atoms with Gasteiger partial charge in [-0.05, 0) is 19.1 Å². The number of alkyl halides is 3. The van der Waals surface area contributed by atoms with Crippen LogP contribution in [0.15, 0.2) is 42.7 Å². The van der Waals surface area contributed by atoms with Gasteiger partial charge in [-0.25, -0.2) is 9.97 Å². The molecule has 0 unspecified atom stereocenters. The normalized spacial score (nSPS) is 11.3. The van der Waals surface area contributed by atoms with Gasteiger partial charge in [0.15, 0.2) is 11.5 Å². The SMILES string of the molecule is C=C(C)CN(C)c1cc(C(F)(F)F)nc(-c2cccnc2)n1. The van der Waals surface area contributed by atoms with E-state index < -0.39 is 11.9 Å². The largest absolute Gasteiger partial charge is 0.433 e. The maximum absolute atomic E-state index is 13.0. The fourth-order valence-corrected chi connectivity index (χ4v) is 1.89. The van der Waals surface area contributed by atoms with Gasteiger partial charge in [0.25, 0.3) is 0 Å². The standard InChI is InChI=1S/C15H15F3N4/c1-10(2)9-22(3)13-7-12(15(16,17)18)20-14(21-13)11-5-4-6-19-8-11/h4-8H,1,9H2,2-3H3. The topological polar surface area (TPSA) is 41.9 Å². The van der Waals surface area contributed by atoms with Gasteiger partial charge in [-0.15, -0.1) is 0 Å². The summed E-state index contributed by atoms with van der Waals surface area (Å²) in [6.45, 7) is 5.95. The van der Waals surface area contributed by atoms with Crippen molar-refractivity contribution in [1.29, 1.82) is 0 Å². The number of hydrogen-bond acceptors (Lipinski definition) is 4. The Kier molecular flexibility index (Phi) is 4.44. The summed E-state index contributed by atoms with van der Waals surface area (Å²) in [5.74, 6) is 0.177. The third-order valence-corrected chi connectivity index (χ3v) is 2.82. The molecule has 4 nitrogen and oxygen atoms in total. The molecule has 0 aliphatic rings. The number of aromatic nitrogens is 3. The summed E-state index contributed by atoms with van der Waals surface area (Å²) in [5.41, 5.74) is 0.265. The molecule has 0 amide bonds. The number of hydrogen-bond donors (Lipinski definition) is 0. The molecule has 7 heteroatoms. The first kappa shape index (κ1) is 15.9. The number of rotatable bonds is 4. The monoisotopic (exact) mass is 308 g/mol. The van der Waals surface area contributed by atoms with E-state index in [4.69, 9.17) is 0 Å². The van der Waals surface area contributed by atoms with Gasteiger partial charge in [0.2, 0.25) is 0 Å². The summed E-state index contributed by atoms with van der Waals surface area (Å²) < 4.78 is 39.1. The van der Waals surface area contributed by atoms with Gasteiger partial charge in [0.05, 0.1) is 0 Å². The highest BCUT2D eigenvalue weighted by Crippen LogP contribution is 2.31. The fraction of sp³-hybridized carbons (Fsp3) is 0.267. The van der Waals surface area contributed by atoms with Crippen LogP contribution in [-0.4, -0.2) is 28.5 Å². The van der Waals surface area contributed by atoms with E-state index in [1.807, 2.05) is 0 Å². The van der Waals surface area contributed by atoms with Crippen LogP contribution in [0.2, 0.25) is 0 Å². The molecule has 0 atom stereocenters. The fourth-order valence-electron chi connectivity index (χ4n) is 1.89. The summed E-state index contributed by atoms with van der Waals surface area (Å²) in [6.07, 6.45) is -1.58. The Morgan fingerprint density at radius 3 is 2.59 bits per heavy atom.